The molecule has 6 nitrogen and oxygen atoms in total. The number of hydrogen-bond acceptors (Lipinski definition) is 7. The Morgan fingerprint density at radius 2 is 1.87 bits per heavy atom. The van der Waals surface area contributed by atoms with Gasteiger partial charge in [0.05, 0.1) is 16.1 Å². The quantitative estimate of drug-likeness (QED) is 0.306. The van der Waals surface area contributed by atoms with Crippen molar-refractivity contribution in [1.82, 2.24) is 4.98 Å². The minimum absolute atomic E-state index is 0.109. The van der Waals surface area contributed by atoms with Crippen molar-refractivity contribution < 1.29 is 24.5 Å². The number of fused-ring (bicyclic) bond motifs is 1. The van der Waals surface area contributed by atoms with Crippen LogP contribution in [0, 0.1) is 6.92 Å². The summed E-state index contributed by atoms with van der Waals surface area (Å²) in [5, 5.41) is 19.3. The molecule has 8 heteroatoms. The number of carbonyl (C=O) groups excluding carboxylic acids is 1. The summed E-state index contributed by atoms with van der Waals surface area (Å²) in [7, 11) is 0. The van der Waals surface area contributed by atoms with Gasteiger partial charge < -0.3 is 14.9 Å². The van der Waals surface area contributed by atoms with Crippen LogP contribution < -0.4 is 4.74 Å². The number of benzene rings is 2. The molecule has 2 heterocycles. The third kappa shape index (κ3) is 3.96. The van der Waals surface area contributed by atoms with Crippen LogP contribution in [0.4, 0.5) is 0 Å². The molecule has 0 radical (unpaired) electrons. The zero-order valence-corrected chi connectivity index (χ0v) is 17.3. The maximum atomic E-state index is 13.2. The van der Waals surface area contributed by atoms with Gasteiger partial charge in [-0.3, -0.25) is 4.79 Å². The molecule has 30 heavy (non-hydrogen) atoms. The van der Waals surface area contributed by atoms with Gasteiger partial charge in [0.1, 0.15) is 16.4 Å². The lowest BCUT2D eigenvalue weighted by atomic mass is 10.1. The molecule has 2 N–H and O–H groups in total. The first-order valence-corrected chi connectivity index (χ1v) is 10.5. The summed E-state index contributed by atoms with van der Waals surface area (Å²) in [5.41, 5.74) is 3.00. The van der Waals surface area contributed by atoms with Crippen LogP contribution in [0.25, 0.3) is 16.2 Å². The van der Waals surface area contributed by atoms with Crippen molar-refractivity contribution in [2.75, 3.05) is 0 Å². The minimum atomic E-state index is -1.02. The third-order valence-electron chi connectivity index (χ3n) is 4.30. The molecule has 0 saturated carbocycles. The van der Waals surface area contributed by atoms with E-state index >= 15 is 0 Å². The van der Waals surface area contributed by atoms with Crippen molar-refractivity contribution in [3.63, 3.8) is 0 Å². The average Bonchev–Trinajstić information content (AvgIpc) is 3.30. The van der Waals surface area contributed by atoms with Gasteiger partial charge in [-0.1, -0.05) is 12.1 Å². The van der Waals surface area contributed by atoms with E-state index in [9.17, 15) is 14.7 Å². The first kappa shape index (κ1) is 19.8. The Bertz CT molecular complexity index is 1280. The molecule has 0 bridgehead atoms. The van der Waals surface area contributed by atoms with Gasteiger partial charge in [-0.15, -0.1) is 22.7 Å². The number of hydrogen-bond donors (Lipinski definition) is 2. The van der Waals surface area contributed by atoms with Crippen LogP contribution in [0.1, 0.15) is 25.8 Å². The molecule has 0 saturated heterocycles. The van der Waals surface area contributed by atoms with Crippen LogP contribution in [0.15, 0.2) is 54.1 Å². The molecule has 150 valence electrons. The lowest BCUT2D eigenvalue weighted by molar-refractivity contribution is -0.131. The molecular weight excluding hydrogens is 422 g/mol. The zero-order chi connectivity index (χ0) is 21.3. The van der Waals surface area contributed by atoms with Crippen molar-refractivity contribution in [3.05, 3.63) is 75.1 Å². The van der Waals surface area contributed by atoms with Crippen LogP contribution in [-0.4, -0.2) is 26.9 Å². The monoisotopic (exact) mass is 437 g/mol. The van der Waals surface area contributed by atoms with Gasteiger partial charge in [0, 0.05) is 16.2 Å². The normalized spacial score (nSPS) is 11.2. The summed E-state index contributed by atoms with van der Waals surface area (Å²) in [6.45, 7) is 1.78. The summed E-state index contributed by atoms with van der Waals surface area (Å²) in [5.74, 6) is -0.165. The number of carboxylic acids is 1. The van der Waals surface area contributed by atoms with Crippen molar-refractivity contribution >= 4 is 50.6 Å². The fourth-order valence-corrected chi connectivity index (χ4v) is 4.79. The lowest BCUT2D eigenvalue weighted by Gasteiger charge is -2.08. The van der Waals surface area contributed by atoms with Crippen molar-refractivity contribution in [2.45, 2.75) is 6.92 Å². The van der Waals surface area contributed by atoms with Crippen LogP contribution in [0.2, 0.25) is 0 Å². The van der Waals surface area contributed by atoms with Crippen LogP contribution in [0.5, 0.6) is 17.2 Å². The topological polar surface area (TPSA) is 96.7 Å². The van der Waals surface area contributed by atoms with Gasteiger partial charge in [0.2, 0.25) is 5.78 Å². The number of aromatic nitrogens is 1. The number of aromatic hydroxyl groups is 1. The number of phenolic OH excluding ortho intramolecular Hbond substituents is 1. The highest BCUT2D eigenvalue weighted by molar-refractivity contribution is 7.22. The molecule has 2 aromatic heterocycles. The van der Waals surface area contributed by atoms with E-state index in [1.54, 1.807) is 54.9 Å². The van der Waals surface area contributed by atoms with Gasteiger partial charge in [-0.25, -0.2) is 9.78 Å². The number of nitrogens with zero attached hydrogens (tertiary/aromatic N) is 1. The number of rotatable bonds is 6. The Kier molecular flexibility index (Phi) is 5.35. The number of thiophene rings is 1. The molecule has 4 aromatic rings. The van der Waals surface area contributed by atoms with Gasteiger partial charge >= 0.3 is 5.97 Å². The summed E-state index contributed by atoms with van der Waals surface area (Å²) >= 11 is 2.53. The molecule has 0 spiro atoms. The van der Waals surface area contributed by atoms with Crippen LogP contribution >= 0.6 is 22.7 Å². The Morgan fingerprint density at radius 1 is 1.10 bits per heavy atom. The van der Waals surface area contributed by atoms with Crippen LogP contribution in [-0.2, 0) is 4.79 Å². The lowest BCUT2D eigenvalue weighted by Crippen LogP contribution is -2.00. The zero-order valence-electron chi connectivity index (χ0n) is 15.7. The molecule has 2 aromatic carbocycles. The van der Waals surface area contributed by atoms with Gasteiger partial charge in [-0.05, 0) is 48.9 Å². The molecule has 0 fully saturated rings. The summed E-state index contributed by atoms with van der Waals surface area (Å²) in [6, 6.07) is 11.7. The molecule has 0 unspecified atom stereocenters. The van der Waals surface area contributed by atoms with E-state index in [-0.39, 0.29) is 11.5 Å². The molecular formula is C22H15NO5S2. The summed E-state index contributed by atoms with van der Waals surface area (Å²) in [4.78, 5) is 29.0. The fraction of sp³-hybridized carbons (Fsp3) is 0.0455. The second-order valence-corrected chi connectivity index (χ2v) is 8.29. The second-order valence-electron chi connectivity index (χ2n) is 6.38. The Morgan fingerprint density at radius 3 is 2.53 bits per heavy atom. The predicted octanol–water partition coefficient (Wildman–Crippen LogP) is 5.49. The fourth-order valence-electron chi connectivity index (χ4n) is 2.87. The standard InChI is InChI=1S/C22H15NO5S2/c1-12-21(29-11-23-12)19(27)22-20(16-8-5-14(24)10-17(16)30-22)28-15-6-2-13(3-7-15)4-9-18(25)26/h2-11,24H,1H3,(H,25,26)/b9-4+. The summed E-state index contributed by atoms with van der Waals surface area (Å²) in [6.07, 6.45) is 2.54. The number of thiazole rings is 1. The second kappa shape index (κ2) is 8.10. The first-order chi connectivity index (χ1) is 14.4. The number of ether oxygens (including phenoxy) is 1. The SMILES string of the molecule is Cc1ncsc1C(=O)c1sc2cc(O)ccc2c1Oc1ccc(/C=C/C(=O)O)cc1. The minimum Gasteiger partial charge on any atom is -0.508 e. The Balaban J connectivity index is 1.75. The third-order valence-corrected chi connectivity index (χ3v) is 6.36. The van der Waals surface area contributed by atoms with E-state index in [2.05, 4.69) is 4.98 Å². The van der Waals surface area contributed by atoms with E-state index in [0.29, 0.717) is 32.5 Å². The molecule has 0 atom stereocenters. The highest BCUT2D eigenvalue weighted by atomic mass is 32.1. The smallest absolute Gasteiger partial charge is 0.328 e. The van der Waals surface area contributed by atoms with E-state index in [0.717, 1.165) is 16.2 Å². The Labute approximate surface area is 179 Å². The number of aryl methyl sites for hydroxylation is 1. The molecule has 0 aliphatic carbocycles. The Hall–Kier alpha value is -3.49. The van der Waals surface area contributed by atoms with Crippen molar-refractivity contribution in [3.8, 4) is 17.2 Å². The predicted molar refractivity (Wildman–Crippen MR) is 117 cm³/mol. The van der Waals surface area contributed by atoms with Gasteiger partial charge in [-0.2, -0.15) is 0 Å². The van der Waals surface area contributed by atoms with E-state index in [1.165, 1.54) is 28.7 Å². The van der Waals surface area contributed by atoms with Gasteiger partial charge in [0.25, 0.3) is 0 Å². The highest BCUT2D eigenvalue weighted by Gasteiger charge is 2.24. The molecule has 0 amide bonds. The van der Waals surface area contributed by atoms with Crippen LogP contribution in [0.3, 0.4) is 0 Å². The largest absolute Gasteiger partial charge is 0.508 e. The van der Waals surface area contributed by atoms with Crippen molar-refractivity contribution in [1.29, 1.82) is 0 Å². The maximum absolute atomic E-state index is 13.2. The number of ketones is 1. The maximum Gasteiger partial charge on any atom is 0.328 e. The van der Waals surface area contributed by atoms with E-state index in [4.69, 9.17) is 9.84 Å². The number of aliphatic carboxylic acids is 1. The average molecular weight is 437 g/mol. The summed E-state index contributed by atoms with van der Waals surface area (Å²) < 4.78 is 6.83. The van der Waals surface area contributed by atoms with Gasteiger partial charge in [0.15, 0.2) is 5.75 Å². The molecule has 0 aliphatic rings. The first-order valence-electron chi connectivity index (χ1n) is 8.81. The van der Waals surface area contributed by atoms with E-state index in [1.807, 2.05) is 0 Å². The molecule has 0 aliphatic heterocycles. The number of carboxylic acid groups (broad SMARTS) is 1. The van der Waals surface area contributed by atoms with E-state index < -0.39 is 5.97 Å². The highest BCUT2D eigenvalue weighted by Crippen LogP contribution is 2.43. The molecule has 4 rings (SSSR count). The van der Waals surface area contributed by atoms with Crippen molar-refractivity contribution in [2.24, 2.45) is 0 Å². The number of carbonyl (C=O) groups is 2. The number of phenols is 1.